The number of carbonyl (C=O) groups excluding carboxylic acids is 2. The van der Waals surface area contributed by atoms with Crippen LogP contribution in [-0.2, 0) is 22.4 Å². The maximum Gasteiger partial charge on any atom is 0.340 e. The lowest BCUT2D eigenvalue weighted by molar-refractivity contribution is -0.119. The molecule has 0 fully saturated rings. The molecule has 0 bridgehead atoms. The highest BCUT2D eigenvalue weighted by molar-refractivity contribution is 9.10. The van der Waals surface area contributed by atoms with Gasteiger partial charge in [-0.2, -0.15) is 5.26 Å². The van der Waals surface area contributed by atoms with Crippen molar-refractivity contribution < 1.29 is 14.3 Å². The Hall–Kier alpha value is -2.24. The van der Waals surface area contributed by atoms with Crippen LogP contribution in [0, 0.1) is 11.3 Å². The third kappa shape index (κ3) is 4.29. The highest BCUT2D eigenvalue weighted by Gasteiger charge is 2.21. The van der Waals surface area contributed by atoms with E-state index in [-0.39, 0.29) is 5.56 Å². The van der Waals surface area contributed by atoms with Crippen molar-refractivity contribution in [1.29, 1.82) is 5.26 Å². The predicted molar refractivity (Wildman–Crippen MR) is 101 cm³/mol. The van der Waals surface area contributed by atoms with E-state index in [2.05, 4.69) is 32.3 Å². The number of rotatable bonds is 4. The van der Waals surface area contributed by atoms with E-state index in [1.165, 1.54) is 22.4 Å². The summed E-state index contributed by atoms with van der Waals surface area (Å²) < 4.78 is 5.67. The van der Waals surface area contributed by atoms with E-state index >= 15 is 0 Å². The van der Waals surface area contributed by atoms with Crippen LogP contribution in [0.4, 0.5) is 5.00 Å². The molecule has 0 atom stereocenters. The minimum Gasteiger partial charge on any atom is -0.452 e. The Bertz CT molecular complexity index is 888. The minimum atomic E-state index is -0.628. The van der Waals surface area contributed by atoms with Gasteiger partial charge < -0.3 is 10.1 Å². The van der Waals surface area contributed by atoms with Gasteiger partial charge in [0, 0.05) is 21.7 Å². The van der Waals surface area contributed by atoms with Gasteiger partial charge in [-0.3, -0.25) is 9.78 Å². The summed E-state index contributed by atoms with van der Waals surface area (Å²) in [5, 5.41) is 12.7. The Kier molecular flexibility index (Phi) is 6.01. The zero-order valence-electron chi connectivity index (χ0n) is 13.9. The van der Waals surface area contributed by atoms with Gasteiger partial charge >= 0.3 is 5.97 Å². The fourth-order valence-electron chi connectivity index (χ4n) is 2.85. The van der Waals surface area contributed by atoms with Crippen LogP contribution in [0.2, 0.25) is 0 Å². The van der Waals surface area contributed by atoms with Crippen LogP contribution >= 0.6 is 27.3 Å². The second-order valence-corrected chi connectivity index (χ2v) is 7.92. The van der Waals surface area contributed by atoms with E-state index in [1.807, 2.05) is 0 Å². The summed E-state index contributed by atoms with van der Waals surface area (Å²) in [6.45, 7) is -0.418. The third-order valence-electron chi connectivity index (χ3n) is 4.06. The molecule has 0 unspecified atom stereocenters. The first kappa shape index (κ1) is 18.5. The maximum atomic E-state index is 12.1. The first-order valence-electron chi connectivity index (χ1n) is 8.20. The topological polar surface area (TPSA) is 92.1 Å². The molecule has 6 nitrogen and oxygen atoms in total. The molecule has 2 heterocycles. The van der Waals surface area contributed by atoms with Crippen molar-refractivity contribution in [1.82, 2.24) is 4.98 Å². The molecule has 26 heavy (non-hydrogen) atoms. The van der Waals surface area contributed by atoms with Crippen LogP contribution in [-0.4, -0.2) is 23.5 Å². The van der Waals surface area contributed by atoms with E-state index in [4.69, 9.17) is 4.74 Å². The summed E-state index contributed by atoms with van der Waals surface area (Å²) in [5.41, 5.74) is 1.86. The van der Waals surface area contributed by atoms with Crippen molar-refractivity contribution in [2.24, 2.45) is 0 Å². The second-order valence-electron chi connectivity index (χ2n) is 5.90. The molecular formula is C18H16BrN3O3S. The van der Waals surface area contributed by atoms with Gasteiger partial charge in [0.25, 0.3) is 5.91 Å². The highest BCUT2D eigenvalue weighted by Crippen LogP contribution is 2.36. The molecular weight excluding hydrogens is 418 g/mol. The van der Waals surface area contributed by atoms with Gasteiger partial charge in [-0.25, -0.2) is 4.79 Å². The van der Waals surface area contributed by atoms with E-state index in [9.17, 15) is 14.9 Å². The number of anilines is 1. The van der Waals surface area contributed by atoms with E-state index in [0.29, 0.717) is 15.0 Å². The summed E-state index contributed by atoms with van der Waals surface area (Å²) in [6, 6.07) is 3.78. The molecule has 2 aromatic rings. The molecule has 2 aromatic heterocycles. The monoisotopic (exact) mass is 433 g/mol. The number of carbonyl (C=O) groups is 2. The lowest BCUT2D eigenvalue weighted by Crippen LogP contribution is -2.21. The molecule has 134 valence electrons. The van der Waals surface area contributed by atoms with Gasteiger partial charge in [-0.15, -0.1) is 11.3 Å². The Morgan fingerprint density at radius 1 is 1.31 bits per heavy atom. The van der Waals surface area contributed by atoms with Crippen molar-refractivity contribution in [3.8, 4) is 6.07 Å². The van der Waals surface area contributed by atoms with E-state index in [1.54, 1.807) is 12.3 Å². The number of amides is 1. The molecule has 8 heteroatoms. The van der Waals surface area contributed by atoms with Gasteiger partial charge in [0.1, 0.15) is 11.1 Å². The van der Waals surface area contributed by atoms with E-state index < -0.39 is 18.5 Å². The summed E-state index contributed by atoms with van der Waals surface area (Å²) >= 11 is 4.67. The lowest BCUT2D eigenvalue weighted by atomic mass is 10.1. The number of hydrogen-bond acceptors (Lipinski definition) is 6. The number of nitriles is 1. The smallest absolute Gasteiger partial charge is 0.340 e. The van der Waals surface area contributed by atoms with Crippen LogP contribution in [0.25, 0.3) is 0 Å². The van der Waals surface area contributed by atoms with Crippen molar-refractivity contribution in [2.75, 3.05) is 11.9 Å². The number of ether oxygens (including phenoxy) is 1. The van der Waals surface area contributed by atoms with Crippen LogP contribution < -0.4 is 5.32 Å². The van der Waals surface area contributed by atoms with Gasteiger partial charge in [0.2, 0.25) is 0 Å². The van der Waals surface area contributed by atoms with Gasteiger partial charge in [-0.05, 0) is 53.2 Å². The van der Waals surface area contributed by atoms with E-state index in [0.717, 1.165) is 37.7 Å². The second kappa shape index (κ2) is 8.43. The first-order chi connectivity index (χ1) is 12.6. The van der Waals surface area contributed by atoms with Gasteiger partial charge in [0.15, 0.2) is 6.61 Å². The number of thiophene rings is 1. The highest BCUT2D eigenvalue weighted by atomic mass is 79.9. The number of pyridine rings is 1. The fourth-order valence-corrected chi connectivity index (χ4v) is 4.47. The third-order valence-corrected chi connectivity index (χ3v) is 5.70. The van der Waals surface area contributed by atoms with Crippen LogP contribution in [0.1, 0.15) is 45.6 Å². The average Bonchev–Trinajstić information content (AvgIpc) is 2.79. The van der Waals surface area contributed by atoms with Crippen LogP contribution in [0.3, 0.4) is 0 Å². The zero-order chi connectivity index (χ0) is 18.5. The van der Waals surface area contributed by atoms with Crippen molar-refractivity contribution >= 4 is 44.1 Å². The van der Waals surface area contributed by atoms with Crippen molar-refractivity contribution in [2.45, 2.75) is 32.1 Å². The Morgan fingerprint density at radius 2 is 2.12 bits per heavy atom. The predicted octanol–water partition coefficient (Wildman–Crippen LogP) is 3.84. The quantitative estimate of drug-likeness (QED) is 0.583. The number of fused-ring (bicyclic) bond motifs is 1. The molecule has 1 N–H and O–H groups in total. The number of aryl methyl sites for hydroxylation is 1. The number of aromatic nitrogens is 1. The first-order valence-corrected chi connectivity index (χ1v) is 9.81. The maximum absolute atomic E-state index is 12.1. The number of hydrogen-bond donors (Lipinski definition) is 1. The molecule has 0 radical (unpaired) electrons. The molecule has 0 saturated carbocycles. The molecule has 3 rings (SSSR count). The lowest BCUT2D eigenvalue weighted by Gasteiger charge is -2.06. The van der Waals surface area contributed by atoms with Gasteiger partial charge in [-0.1, -0.05) is 6.42 Å². The fraction of sp³-hybridized carbons (Fsp3) is 0.333. The minimum absolute atomic E-state index is 0.257. The SMILES string of the molecule is N#Cc1c(NC(=O)COC(=O)c2cncc(Br)c2)sc2c1CCCCC2. The molecule has 1 amide bonds. The number of esters is 1. The standard InChI is InChI=1S/C18H16BrN3O3S/c19-12-6-11(8-21-9-12)18(24)25-10-16(23)22-17-14(7-20)13-4-2-1-3-5-15(13)26-17/h6,8-9H,1-5,10H2,(H,22,23). The molecule has 0 aromatic carbocycles. The largest absolute Gasteiger partial charge is 0.452 e. The molecule has 0 saturated heterocycles. The summed E-state index contributed by atoms with van der Waals surface area (Å²) in [7, 11) is 0. The summed E-state index contributed by atoms with van der Waals surface area (Å²) in [4.78, 5) is 29.2. The summed E-state index contributed by atoms with van der Waals surface area (Å²) in [6.07, 6.45) is 8.05. The molecule has 0 spiro atoms. The molecule has 1 aliphatic carbocycles. The van der Waals surface area contributed by atoms with Crippen molar-refractivity contribution in [3.63, 3.8) is 0 Å². The number of nitrogens with zero attached hydrogens (tertiary/aromatic N) is 2. The Labute approximate surface area is 163 Å². The summed E-state index contributed by atoms with van der Waals surface area (Å²) in [5.74, 6) is -1.09. The number of halogens is 1. The Morgan fingerprint density at radius 3 is 2.88 bits per heavy atom. The van der Waals surface area contributed by atoms with Crippen molar-refractivity contribution in [3.05, 3.63) is 44.5 Å². The van der Waals surface area contributed by atoms with Crippen LogP contribution in [0.15, 0.2) is 22.9 Å². The molecule has 0 aliphatic heterocycles. The van der Waals surface area contributed by atoms with Gasteiger partial charge in [0.05, 0.1) is 11.1 Å². The zero-order valence-corrected chi connectivity index (χ0v) is 16.3. The Balaban J connectivity index is 1.63. The van der Waals surface area contributed by atoms with Crippen LogP contribution in [0.5, 0.6) is 0 Å². The molecule has 1 aliphatic rings. The number of nitrogens with one attached hydrogen (secondary N) is 1. The average molecular weight is 434 g/mol. The normalized spacial score (nSPS) is 13.2.